The Balaban J connectivity index is 1.46. The summed E-state index contributed by atoms with van der Waals surface area (Å²) in [4.78, 5) is 0. The van der Waals surface area contributed by atoms with Gasteiger partial charge < -0.3 is 10.1 Å². The molecule has 0 aromatic heterocycles. The third kappa shape index (κ3) is 4.08. The van der Waals surface area contributed by atoms with Gasteiger partial charge in [0.05, 0.1) is 6.10 Å². The zero-order valence-electron chi connectivity index (χ0n) is 12.4. The van der Waals surface area contributed by atoms with Crippen molar-refractivity contribution in [3.05, 3.63) is 54.6 Å². The van der Waals surface area contributed by atoms with E-state index in [0.29, 0.717) is 6.10 Å². The van der Waals surface area contributed by atoms with Crippen LogP contribution in [0.25, 0.3) is 11.1 Å². The molecule has 1 atom stereocenters. The summed E-state index contributed by atoms with van der Waals surface area (Å²) in [5.74, 6) is 0. The normalized spacial score (nSPS) is 17.8. The van der Waals surface area contributed by atoms with E-state index in [1.165, 1.54) is 42.5 Å². The first kappa shape index (κ1) is 14.2. The van der Waals surface area contributed by atoms with E-state index < -0.39 is 0 Å². The van der Waals surface area contributed by atoms with Crippen LogP contribution >= 0.6 is 0 Å². The number of anilines is 1. The van der Waals surface area contributed by atoms with Crippen LogP contribution in [0.5, 0.6) is 0 Å². The van der Waals surface area contributed by atoms with Crippen LogP contribution in [-0.4, -0.2) is 19.3 Å². The molecular formula is C19H23NO. The first-order valence-corrected chi connectivity index (χ1v) is 7.93. The first-order valence-electron chi connectivity index (χ1n) is 7.93. The first-order chi connectivity index (χ1) is 10.4. The number of rotatable bonds is 6. The summed E-state index contributed by atoms with van der Waals surface area (Å²) in [6.07, 6.45) is 5.33. The number of hydrogen-bond donors (Lipinski definition) is 1. The SMILES string of the molecule is c1ccc(-c2ccc(NCCCC3CCCO3)cc2)cc1. The second kappa shape index (κ2) is 7.28. The lowest BCUT2D eigenvalue weighted by atomic mass is 10.1. The number of nitrogens with one attached hydrogen (secondary N) is 1. The lowest BCUT2D eigenvalue weighted by Crippen LogP contribution is -2.08. The molecule has 0 aliphatic carbocycles. The maximum Gasteiger partial charge on any atom is 0.0576 e. The van der Waals surface area contributed by atoms with E-state index >= 15 is 0 Å². The molecule has 1 aliphatic heterocycles. The molecule has 1 N–H and O–H groups in total. The molecule has 0 radical (unpaired) electrons. The minimum Gasteiger partial charge on any atom is -0.385 e. The fourth-order valence-corrected chi connectivity index (χ4v) is 2.85. The Morgan fingerprint density at radius 3 is 2.43 bits per heavy atom. The summed E-state index contributed by atoms with van der Waals surface area (Å²) in [5, 5.41) is 3.49. The standard InChI is InChI=1S/C19H23NO/c1-2-6-16(7-3-1)17-10-12-18(13-11-17)20-14-4-8-19-9-5-15-21-19/h1-3,6-7,10-13,19-20H,4-5,8-9,14-15H2. The quantitative estimate of drug-likeness (QED) is 0.773. The van der Waals surface area contributed by atoms with E-state index in [-0.39, 0.29) is 0 Å². The Hall–Kier alpha value is -1.80. The molecule has 2 aromatic rings. The minimum absolute atomic E-state index is 0.507. The van der Waals surface area contributed by atoms with E-state index in [0.717, 1.165) is 13.2 Å². The van der Waals surface area contributed by atoms with Crippen molar-refractivity contribution < 1.29 is 4.74 Å². The monoisotopic (exact) mass is 281 g/mol. The van der Waals surface area contributed by atoms with Crippen molar-refractivity contribution >= 4 is 5.69 Å². The lowest BCUT2D eigenvalue weighted by molar-refractivity contribution is 0.103. The van der Waals surface area contributed by atoms with Crippen LogP contribution in [0.2, 0.25) is 0 Å². The molecule has 2 aromatic carbocycles. The second-order valence-electron chi connectivity index (χ2n) is 5.65. The maximum absolute atomic E-state index is 5.64. The van der Waals surface area contributed by atoms with Crippen molar-refractivity contribution in [1.82, 2.24) is 0 Å². The van der Waals surface area contributed by atoms with E-state index in [4.69, 9.17) is 4.74 Å². The largest absolute Gasteiger partial charge is 0.385 e. The number of ether oxygens (including phenoxy) is 1. The highest BCUT2D eigenvalue weighted by atomic mass is 16.5. The second-order valence-corrected chi connectivity index (χ2v) is 5.65. The van der Waals surface area contributed by atoms with Gasteiger partial charge in [-0.2, -0.15) is 0 Å². The highest BCUT2D eigenvalue weighted by molar-refractivity contribution is 5.65. The minimum atomic E-state index is 0.507. The van der Waals surface area contributed by atoms with Crippen molar-refractivity contribution in [2.45, 2.75) is 31.8 Å². The van der Waals surface area contributed by atoms with Gasteiger partial charge in [-0.1, -0.05) is 42.5 Å². The predicted octanol–water partition coefficient (Wildman–Crippen LogP) is 4.72. The van der Waals surface area contributed by atoms with Gasteiger partial charge in [-0.05, 0) is 48.9 Å². The maximum atomic E-state index is 5.64. The topological polar surface area (TPSA) is 21.3 Å². The van der Waals surface area contributed by atoms with Gasteiger partial charge in [-0.25, -0.2) is 0 Å². The van der Waals surface area contributed by atoms with Crippen molar-refractivity contribution in [3.8, 4) is 11.1 Å². The predicted molar refractivity (Wildman–Crippen MR) is 88.6 cm³/mol. The summed E-state index contributed by atoms with van der Waals surface area (Å²) in [5.41, 5.74) is 3.73. The molecule has 21 heavy (non-hydrogen) atoms. The van der Waals surface area contributed by atoms with E-state index in [1.54, 1.807) is 0 Å². The molecule has 3 rings (SSSR count). The molecule has 2 nitrogen and oxygen atoms in total. The van der Waals surface area contributed by atoms with Crippen LogP contribution in [0.4, 0.5) is 5.69 Å². The summed E-state index contributed by atoms with van der Waals surface area (Å²) in [6, 6.07) is 19.2. The van der Waals surface area contributed by atoms with Gasteiger partial charge in [-0.3, -0.25) is 0 Å². The fourth-order valence-electron chi connectivity index (χ4n) is 2.85. The number of hydrogen-bond acceptors (Lipinski definition) is 2. The van der Waals surface area contributed by atoms with Gasteiger partial charge in [0, 0.05) is 18.8 Å². The van der Waals surface area contributed by atoms with E-state index in [9.17, 15) is 0 Å². The molecule has 0 bridgehead atoms. The zero-order valence-corrected chi connectivity index (χ0v) is 12.4. The van der Waals surface area contributed by atoms with Crippen molar-refractivity contribution in [2.75, 3.05) is 18.5 Å². The Morgan fingerprint density at radius 2 is 1.71 bits per heavy atom. The summed E-state index contributed by atoms with van der Waals surface area (Å²) < 4.78 is 5.64. The highest BCUT2D eigenvalue weighted by Crippen LogP contribution is 2.21. The Kier molecular flexibility index (Phi) is 4.90. The van der Waals surface area contributed by atoms with Gasteiger partial charge in [0.1, 0.15) is 0 Å². The average Bonchev–Trinajstić information content (AvgIpc) is 3.06. The highest BCUT2D eigenvalue weighted by Gasteiger charge is 2.14. The zero-order chi connectivity index (χ0) is 14.3. The summed E-state index contributed by atoms with van der Waals surface area (Å²) >= 11 is 0. The van der Waals surface area contributed by atoms with Crippen LogP contribution in [0.1, 0.15) is 25.7 Å². The van der Waals surface area contributed by atoms with Crippen LogP contribution in [0.3, 0.4) is 0 Å². The molecule has 0 amide bonds. The summed E-state index contributed by atoms with van der Waals surface area (Å²) in [6.45, 7) is 1.98. The molecular weight excluding hydrogens is 258 g/mol. The smallest absolute Gasteiger partial charge is 0.0576 e. The van der Waals surface area contributed by atoms with Crippen LogP contribution in [0.15, 0.2) is 54.6 Å². The third-order valence-electron chi connectivity index (χ3n) is 4.05. The van der Waals surface area contributed by atoms with Crippen LogP contribution in [-0.2, 0) is 4.74 Å². The van der Waals surface area contributed by atoms with Crippen molar-refractivity contribution in [3.63, 3.8) is 0 Å². The van der Waals surface area contributed by atoms with E-state index in [1.807, 2.05) is 6.07 Å². The summed E-state index contributed by atoms with van der Waals surface area (Å²) in [7, 11) is 0. The lowest BCUT2D eigenvalue weighted by Gasteiger charge is -2.10. The van der Waals surface area contributed by atoms with E-state index in [2.05, 4.69) is 53.8 Å². The molecule has 1 saturated heterocycles. The Bertz CT molecular complexity index is 529. The van der Waals surface area contributed by atoms with Gasteiger partial charge in [0.25, 0.3) is 0 Å². The fraction of sp³-hybridized carbons (Fsp3) is 0.368. The molecule has 110 valence electrons. The van der Waals surface area contributed by atoms with Crippen LogP contribution in [0, 0.1) is 0 Å². The van der Waals surface area contributed by atoms with Gasteiger partial charge >= 0.3 is 0 Å². The molecule has 1 fully saturated rings. The van der Waals surface area contributed by atoms with Crippen molar-refractivity contribution in [1.29, 1.82) is 0 Å². The van der Waals surface area contributed by atoms with Gasteiger partial charge in [-0.15, -0.1) is 0 Å². The average molecular weight is 281 g/mol. The number of benzene rings is 2. The van der Waals surface area contributed by atoms with Crippen molar-refractivity contribution in [2.24, 2.45) is 0 Å². The molecule has 1 aliphatic rings. The third-order valence-corrected chi connectivity index (χ3v) is 4.05. The Morgan fingerprint density at radius 1 is 0.952 bits per heavy atom. The van der Waals surface area contributed by atoms with Gasteiger partial charge in [0.2, 0.25) is 0 Å². The van der Waals surface area contributed by atoms with Crippen LogP contribution < -0.4 is 5.32 Å². The molecule has 1 heterocycles. The molecule has 0 spiro atoms. The Labute approximate surface area is 127 Å². The molecule has 2 heteroatoms. The molecule has 0 saturated carbocycles. The molecule has 1 unspecified atom stereocenters. The van der Waals surface area contributed by atoms with Gasteiger partial charge in [0.15, 0.2) is 0 Å².